The predicted octanol–water partition coefficient (Wildman–Crippen LogP) is 0.638. The van der Waals surface area contributed by atoms with Gasteiger partial charge >= 0.3 is 5.97 Å². The first-order valence-electron chi connectivity index (χ1n) is 7.23. The van der Waals surface area contributed by atoms with E-state index in [0.717, 1.165) is 0 Å². The first-order valence-corrected chi connectivity index (χ1v) is 8.71. The van der Waals surface area contributed by atoms with Gasteiger partial charge in [-0.05, 0) is 18.8 Å². The average molecular weight is 344 g/mol. The second-order valence-corrected chi connectivity index (χ2v) is 7.05. The summed E-state index contributed by atoms with van der Waals surface area (Å²) in [7, 11) is -2.47. The molecule has 1 atom stereocenters. The highest BCUT2D eigenvalue weighted by atomic mass is 32.2. The lowest BCUT2D eigenvalue weighted by Gasteiger charge is -2.29. The van der Waals surface area contributed by atoms with Gasteiger partial charge in [-0.1, -0.05) is 0 Å². The smallest absolute Gasteiger partial charge is 0.304 e. The fourth-order valence-corrected chi connectivity index (χ4v) is 3.82. The normalized spacial score (nSPS) is 17.6. The molecule has 0 bridgehead atoms. The fourth-order valence-electron chi connectivity index (χ4n) is 2.54. The van der Waals surface area contributed by atoms with Gasteiger partial charge in [-0.25, -0.2) is 13.1 Å². The second-order valence-electron chi connectivity index (χ2n) is 5.34. The monoisotopic (exact) mass is 344 g/mol. The number of carboxylic acids is 1. The number of methoxy groups -OCH3 is 1. The summed E-state index contributed by atoms with van der Waals surface area (Å²) in [4.78, 5) is 14.8. The molecule has 0 aliphatic carbocycles. The molecule has 1 aliphatic heterocycles. The molecule has 1 saturated heterocycles. The average Bonchev–Trinajstić information content (AvgIpc) is 2.54. The molecule has 1 unspecified atom stereocenters. The summed E-state index contributed by atoms with van der Waals surface area (Å²) < 4.78 is 37.7. The molecule has 0 spiro atoms. The highest BCUT2D eigenvalue weighted by Gasteiger charge is 2.30. The van der Waals surface area contributed by atoms with Crippen LogP contribution in [0.4, 0.5) is 0 Å². The SMILES string of the molecule is COc1cncc(S(=O)(=O)NC(CC(=O)O)C2CCOCC2)c1. The van der Waals surface area contributed by atoms with Crippen LogP contribution < -0.4 is 9.46 Å². The summed E-state index contributed by atoms with van der Waals surface area (Å²) in [5, 5.41) is 9.07. The van der Waals surface area contributed by atoms with Crippen molar-refractivity contribution in [2.45, 2.75) is 30.2 Å². The van der Waals surface area contributed by atoms with E-state index in [-0.39, 0.29) is 17.2 Å². The number of rotatable bonds is 7. The van der Waals surface area contributed by atoms with Gasteiger partial charge in [-0.15, -0.1) is 0 Å². The number of sulfonamides is 1. The quantitative estimate of drug-likeness (QED) is 0.746. The van der Waals surface area contributed by atoms with Gasteiger partial charge in [0.25, 0.3) is 0 Å². The molecule has 9 heteroatoms. The van der Waals surface area contributed by atoms with Gasteiger partial charge in [0.2, 0.25) is 10.0 Å². The number of nitrogens with one attached hydrogen (secondary N) is 1. The summed E-state index contributed by atoms with van der Waals surface area (Å²) >= 11 is 0. The number of nitrogens with zero attached hydrogens (tertiary/aromatic N) is 1. The largest absolute Gasteiger partial charge is 0.495 e. The minimum absolute atomic E-state index is 0.0562. The van der Waals surface area contributed by atoms with Crippen molar-refractivity contribution in [1.82, 2.24) is 9.71 Å². The molecular weight excluding hydrogens is 324 g/mol. The van der Waals surface area contributed by atoms with Crippen molar-refractivity contribution in [3.8, 4) is 5.75 Å². The summed E-state index contributed by atoms with van der Waals surface area (Å²) in [5.41, 5.74) is 0. The Bertz CT molecular complexity index is 642. The van der Waals surface area contributed by atoms with Crippen molar-refractivity contribution in [3.05, 3.63) is 18.5 Å². The molecule has 1 fully saturated rings. The maximum Gasteiger partial charge on any atom is 0.304 e. The van der Waals surface area contributed by atoms with Crippen LogP contribution in [0.1, 0.15) is 19.3 Å². The number of hydrogen-bond donors (Lipinski definition) is 2. The standard InChI is InChI=1S/C14H20N2O6S/c1-21-11-6-12(9-15-8-11)23(19,20)16-13(7-14(17)18)10-2-4-22-5-3-10/h6,8-10,13,16H,2-5,7H2,1H3,(H,17,18). The van der Waals surface area contributed by atoms with Gasteiger partial charge < -0.3 is 14.6 Å². The van der Waals surface area contributed by atoms with Gasteiger partial charge in [-0.3, -0.25) is 9.78 Å². The lowest BCUT2D eigenvalue weighted by atomic mass is 9.90. The highest BCUT2D eigenvalue weighted by molar-refractivity contribution is 7.89. The van der Waals surface area contributed by atoms with Crippen LogP contribution in [0.5, 0.6) is 5.75 Å². The summed E-state index contributed by atoms with van der Waals surface area (Å²) in [5.74, 6) is -0.810. The summed E-state index contributed by atoms with van der Waals surface area (Å²) in [6, 6.07) is 0.657. The number of carbonyl (C=O) groups is 1. The first-order chi connectivity index (χ1) is 10.9. The van der Waals surface area contributed by atoms with Crippen LogP contribution in [0.15, 0.2) is 23.4 Å². The molecule has 0 saturated carbocycles. The van der Waals surface area contributed by atoms with Crippen molar-refractivity contribution in [2.24, 2.45) is 5.92 Å². The van der Waals surface area contributed by atoms with Gasteiger partial charge in [0.1, 0.15) is 10.6 Å². The van der Waals surface area contributed by atoms with E-state index in [1.54, 1.807) is 0 Å². The minimum atomic E-state index is -3.88. The van der Waals surface area contributed by atoms with Crippen LogP contribution in [0, 0.1) is 5.92 Å². The topological polar surface area (TPSA) is 115 Å². The molecule has 1 aromatic rings. The van der Waals surface area contributed by atoms with Crippen LogP contribution in [0.25, 0.3) is 0 Å². The van der Waals surface area contributed by atoms with E-state index in [0.29, 0.717) is 31.8 Å². The third-order valence-corrected chi connectivity index (χ3v) is 5.23. The highest BCUT2D eigenvalue weighted by Crippen LogP contribution is 2.23. The first kappa shape index (κ1) is 17.6. The number of carboxylic acid groups (broad SMARTS) is 1. The van der Waals surface area contributed by atoms with Crippen LogP contribution >= 0.6 is 0 Å². The van der Waals surface area contributed by atoms with Crippen LogP contribution in [-0.4, -0.2) is 50.8 Å². The van der Waals surface area contributed by atoms with E-state index in [9.17, 15) is 13.2 Å². The third kappa shape index (κ3) is 4.88. The molecule has 0 amide bonds. The van der Waals surface area contributed by atoms with Crippen molar-refractivity contribution in [3.63, 3.8) is 0 Å². The zero-order valence-electron chi connectivity index (χ0n) is 12.8. The number of aromatic nitrogens is 1. The van der Waals surface area contributed by atoms with E-state index in [4.69, 9.17) is 14.6 Å². The van der Waals surface area contributed by atoms with E-state index >= 15 is 0 Å². The van der Waals surface area contributed by atoms with Crippen LogP contribution in [-0.2, 0) is 19.6 Å². The molecule has 0 aromatic carbocycles. The van der Waals surface area contributed by atoms with Crippen molar-refractivity contribution in [1.29, 1.82) is 0 Å². The number of hydrogen-bond acceptors (Lipinski definition) is 6. The van der Waals surface area contributed by atoms with Crippen molar-refractivity contribution >= 4 is 16.0 Å². The molecule has 0 radical (unpaired) electrons. The molecule has 23 heavy (non-hydrogen) atoms. The number of ether oxygens (including phenoxy) is 2. The molecular formula is C14H20N2O6S. The van der Waals surface area contributed by atoms with Crippen LogP contribution in [0.3, 0.4) is 0 Å². The van der Waals surface area contributed by atoms with Gasteiger partial charge in [-0.2, -0.15) is 0 Å². The fraction of sp³-hybridized carbons (Fsp3) is 0.571. The Morgan fingerprint density at radius 3 is 2.78 bits per heavy atom. The predicted molar refractivity (Wildman–Crippen MR) is 80.7 cm³/mol. The van der Waals surface area contributed by atoms with E-state index in [2.05, 4.69) is 9.71 Å². The van der Waals surface area contributed by atoms with Crippen molar-refractivity contribution in [2.75, 3.05) is 20.3 Å². The Labute approximate surface area is 134 Å². The van der Waals surface area contributed by atoms with Crippen LogP contribution in [0.2, 0.25) is 0 Å². The van der Waals surface area contributed by atoms with E-state index in [1.807, 2.05) is 0 Å². The molecule has 128 valence electrons. The zero-order chi connectivity index (χ0) is 16.9. The number of pyridine rings is 1. The van der Waals surface area contributed by atoms with Gasteiger partial charge in [0, 0.05) is 31.5 Å². The molecule has 2 rings (SSSR count). The Morgan fingerprint density at radius 2 is 2.17 bits per heavy atom. The molecule has 2 N–H and O–H groups in total. The van der Waals surface area contributed by atoms with Gasteiger partial charge in [0.15, 0.2) is 0 Å². The van der Waals surface area contributed by atoms with E-state index in [1.165, 1.54) is 25.6 Å². The molecule has 8 nitrogen and oxygen atoms in total. The molecule has 1 aromatic heterocycles. The van der Waals surface area contributed by atoms with Gasteiger partial charge in [0.05, 0.1) is 19.7 Å². The minimum Gasteiger partial charge on any atom is -0.495 e. The Kier molecular flexibility index (Phi) is 5.91. The Balaban J connectivity index is 2.20. The Hall–Kier alpha value is -1.71. The maximum atomic E-state index is 12.5. The summed E-state index contributed by atoms with van der Waals surface area (Å²) in [6.07, 6.45) is 3.56. The lowest BCUT2D eigenvalue weighted by Crippen LogP contribution is -2.43. The molecule has 1 aliphatic rings. The second kappa shape index (κ2) is 7.71. The Morgan fingerprint density at radius 1 is 1.48 bits per heavy atom. The lowest BCUT2D eigenvalue weighted by molar-refractivity contribution is -0.138. The third-order valence-electron chi connectivity index (χ3n) is 3.77. The maximum absolute atomic E-state index is 12.5. The summed E-state index contributed by atoms with van der Waals surface area (Å²) in [6.45, 7) is 1.01. The zero-order valence-corrected chi connectivity index (χ0v) is 13.6. The van der Waals surface area contributed by atoms with E-state index < -0.39 is 22.0 Å². The molecule has 2 heterocycles. The number of aliphatic carboxylic acids is 1. The van der Waals surface area contributed by atoms with Crippen molar-refractivity contribution < 1.29 is 27.8 Å².